The first-order valence-electron chi connectivity index (χ1n) is 8.99. The summed E-state index contributed by atoms with van der Waals surface area (Å²) in [4.78, 5) is 12.4. The highest BCUT2D eigenvalue weighted by Gasteiger charge is 2.27. The Balaban J connectivity index is 1.61. The predicted molar refractivity (Wildman–Crippen MR) is 108 cm³/mol. The van der Waals surface area contributed by atoms with E-state index in [4.69, 9.17) is 4.74 Å². The van der Waals surface area contributed by atoms with E-state index >= 15 is 0 Å². The molecular weight excluding hydrogens is 416 g/mol. The van der Waals surface area contributed by atoms with Crippen LogP contribution in [0.3, 0.4) is 0 Å². The van der Waals surface area contributed by atoms with Crippen molar-refractivity contribution in [3.05, 3.63) is 48.5 Å². The molecule has 156 valence electrons. The highest BCUT2D eigenvalue weighted by molar-refractivity contribution is 7.90. The minimum absolute atomic E-state index is 0.134. The third-order valence-electron chi connectivity index (χ3n) is 4.44. The molecule has 8 nitrogen and oxygen atoms in total. The summed E-state index contributed by atoms with van der Waals surface area (Å²) in [7, 11) is -6.87. The molecule has 3 rings (SSSR count). The molecule has 1 aliphatic heterocycles. The van der Waals surface area contributed by atoms with Crippen LogP contribution in [-0.4, -0.2) is 53.0 Å². The number of hydrogen-bond acceptors (Lipinski definition) is 6. The number of carbonyl (C=O) groups is 1. The van der Waals surface area contributed by atoms with Gasteiger partial charge >= 0.3 is 0 Å². The van der Waals surface area contributed by atoms with Crippen LogP contribution in [0.5, 0.6) is 5.75 Å². The Bertz CT molecular complexity index is 1090. The van der Waals surface area contributed by atoms with E-state index in [9.17, 15) is 21.6 Å². The second kappa shape index (κ2) is 8.52. The smallest absolute Gasteiger partial charge is 0.262 e. The number of sulfone groups is 1. The molecular formula is C19H22N2O6S2. The maximum absolute atomic E-state index is 12.6. The topological polar surface area (TPSA) is 110 Å². The van der Waals surface area contributed by atoms with Crippen LogP contribution in [0.25, 0.3) is 0 Å². The van der Waals surface area contributed by atoms with Gasteiger partial charge in [0.1, 0.15) is 5.75 Å². The number of anilines is 1. The van der Waals surface area contributed by atoms with Crippen LogP contribution in [0.4, 0.5) is 5.69 Å². The zero-order chi connectivity index (χ0) is 21.1. The Morgan fingerprint density at radius 2 is 1.66 bits per heavy atom. The van der Waals surface area contributed by atoms with Crippen LogP contribution >= 0.6 is 0 Å². The number of amides is 1. The first-order chi connectivity index (χ1) is 13.7. The van der Waals surface area contributed by atoms with E-state index < -0.39 is 25.8 Å². The molecule has 0 radical (unpaired) electrons. The quantitative estimate of drug-likeness (QED) is 0.707. The minimum Gasteiger partial charge on any atom is -0.484 e. The Kier molecular flexibility index (Phi) is 6.25. The summed E-state index contributed by atoms with van der Waals surface area (Å²) in [6, 6.07) is 11.8. The number of hydrogen-bond donors (Lipinski definition) is 1. The van der Waals surface area contributed by atoms with Gasteiger partial charge in [-0.3, -0.25) is 4.79 Å². The zero-order valence-electron chi connectivity index (χ0n) is 15.9. The first kappa shape index (κ1) is 21.3. The second-order valence-corrected chi connectivity index (χ2v) is 10.7. The van der Waals surface area contributed by atoms with Crippen LogP contribution in [0.15, 0.2) is 58.3 Å². The fraction of sp³-hybridized carbons (Fsp3) is 0.316. The number of carbonyl (C=O) groups excluding carboxylic acids is 1. The highest BCUT2D eigenvalue weighted by Crippen LogP contribution is 2.23. The fourth-order valence-corrected chi connectivity index (χ4v) is 5.13. The van der Waals surface area contributed by atoms with Crippen molar-refractivity contribution in [2.24, 2.45) is 0 Å². The van der Waals surface area contributed by atoms with Gasteiger partial charge in [-0.25, -0.2) is 16.8 Å². The van der Waals surface area contributed by atoms with E-state index in [0.29, 0.717) is 24.5 Å². The van der Waals surface area contributed by atoms with Gasteiger partial charge in [-0.2, -0.15) is 4.31 Å². The molecule has 0 aliphatic carbocycles. The molecule has 1 heterocycles. The average molecular weight is 439 g/mol. The van der Waals surface area contributed by atoms with Crippen molar-refractivity contribution >= 4 is 31.5 Å². The van der Waals surface area contributed by atoms with Crippen molar-refractivity contribution in [2.75, 3.05) is 31.3 Å². The summed E-state index contributed by atoms with van der Waals surface area (Å²) in [5, 5.41) is 2.61. The van der Waals surface area contributed by atoms with Gasteiger partial charge in [0.05, 0.1) is 9.79 Å². The Labute approximate surface area is 170 Å². The van der Waals surface area contributed by atoms with Crippen LogP contribution in [0.2, 0.25) is 0 Å². The van der Waals surface area contributed by atoms with Crippen molar-refractivity contribution < 1.29 is 26.4 Å². The number of nitrogens with one attached hydrogen (secondary N) is 1. The van der Waals surface area contributed by atoms with Crippen molar-refractivity contribution in [3.8, 4) is 5.75 Å². The molecule has 0 unspecified atom stereocenters. The molecule has 1 saturated heterocycles. The Hall–Kier alpha value is -2.43. The van der Waals surface area contributed by atoms with Gasteiger partial charge in [0.15, 0.2) is 16.4 Å². The number of ether oxygens (including phenoxy) is 1. The van der Waals surface area contributed by atoms with Crippen LogP contribution in [-0.2, 0) is 24.7 Å². The Morgan fingerprint density at radius 3 is 2.28 bits per heavy atom. The molecule has 1 N–H and O–H groups in total. The standard InChI is InChI=1S/C19H22N2O6S2/c1-28(23,24)17-9-7-16(8-10-17)27-14-19(22)20-15-5-4-6-18(13-15)29(25,26)21-11-2-3-12-21/h4-10,13H,2-3,11-12,14H2,1H3,(H,20,22). The van der Waals surface area contributed by atoms with Crippen molar-refractivity contribution in [1.29, 1.82) is 0 Å². The molecule has 2 aromatic carbocycles. The number of rotatable bonds is 7. The normalized spacial score (nSPS) is 15.2. The van der Waals surface area contributed by atoms with E-state index in [1.165, 1.54) is 40.7 Å². The molecule has 0 aromatic heterocycles. The van der Waals surface area contributed by atoms with Gasteiger partial charge in [0.2, 0.25) is 10.0 Å². The molecule has 0 bridgehead atoms. The minimum atomic E-state index is -3.57. The zero-order valence-corrected chi connectivity index (χ0v) is 17.5. The predicted octanol–water partition coefficient (Wildman–Crippen LogP) is 1.89. The number of nitrogens with zero attached hydrogens (tertiary/aromatic N) is 1. The molecule has 10 heteroatoms. The van der Waals surface area contributed by atoms with Gasteiger partial charge in [-0.15, -0.1) is 0 Å². The second-order valence-electron chi connectivity index (χ2n) is 6.72. The lowest BCUT2D eigenvalue weighted by Gasteiger charge is -2.16. The maximum Gasteiger partial charge on any atom is 0.262 e. The van der Waals surface area contributed by atoms with E-state index in [0.717, 1.165) is 19.1 Å². The molecule has 0 atom stereocenters. The lowest BCUT2D eigenvalue weighted by atomic mass is 10.3. The molecule has 0 spiro atoms. The maximum atomic E-state index is 12.6. The van der Waals surface area contributed by atoms with E-state index in [-0.39, 0.29) is 16.4 Å². The van der Waals surface area contributed by atoms with Crippen molar-refractivity contribution in [2.45, 2.75) is 22.6 Å². The van der Waals surface area contributed by atoms with Gasteiger partial charge in [-0.05, 0) is 55.3 Å². The van der Waals surface area contributed by atoms with Crippen molar-refractivity contribution in [3.63, 3.8) is 0 Å². The van der Waals surface area contributed by atoms with Gasteiger partial charge in [-0.1, -0.05) is 6.07 Å². The fourth-order valence-electron chi connectivity index (χ4n) is 2.94. The highest BCUT2D eigenvalue weighted by atomic mass is 32.2. The Morgan fingerprint density at radius 1 is 1.00 bits per heavy atom. The summed E-state index contributed by atoms with van der Waals surface area (Å²) in [5.41, 5.74) is 0.353. The van der Waals surface area contributed by atoms with E-state index in [1.54, 1.807) is 12.1 Å². The molecule has 1 amide bonds. The molecule has 1 fully saturated rings. The van der Waals surface area contributed by atoms with Crippen LogP contribution < -0.4 is 10.1 Å². The molecule has 0 saturated carbocycles. The third-order valence-corrected chi connectivity index (χ3v) is 7.47. The summed E-state index contributed by atoms with van der Waals surface area (Å²) in [6.07, 6.45) is 2.80. The van der Waals surface area contributed by atoms with Gasteiger partial charge < -0.3 is 10.1 Å². The third kappa shape index (κ3) is 5.34. The SMILES string of the molecule is CS(=O)(=O)c1ccc(OCC(=O)Nc2cccc(S(=O)(=O)N3CCCC3)c2)cc1. The monoisotopic (exact) mass is 438 g/mol. The summed E-state index contributed by atoms with van der Waals surface area (Å²) < 4.78 is 54.9. The van der Waals surface area contributed by atoms with Crippen LogP contribution in [0, 0.1) is 0 Å². The molecule has 1 aliphatic rings. The molecule has 2 aromatic rings. The van der Waals surface area contributed by atoms with E-state index in [2.05, 4.69) is 5.32 Å². The number of sulfonamides is 1. The van der Waals surface area contributed by atoms with Crippen LogP contribution in [0.1, 0.15) is 12.8 Å². The average Bonchev–Trinajstić information content (AvgIpc) is 3.22. The van der Waals surface area contributed by atoms with Crippen molar-refractivity contribution in [1.82, 2.24) is 4.31 Å². The summed E-state index contributed by atoms with van der Waals surface area (Å²) in [6.45, 7) is 0.705. The van der Waals surface area contributed by atoms with Gasteiger partial charge in [0.25, 0.3) is 5.91 Å². The largest absolute Gasteiger partial charge is 0.484 e. The number of benzene rings is 2. The van der Waals surface area contributed by atoms with E-state index in [1.807, 2.05) is 0 Å². The summed E-state index contributed by atoms with van der Waals surface area (Å²) in [5.74, 6) is -0.120. The first-order valence-corrected chi connectivity index (χ1v) is 12.3. The molecule has 29 heavy (non-hydrogen) atoms. The summed E-state index contributed by atoms with van der Waals surface area (Å²) >= 11 is 0. The van der Waals surface area contributed by atoms with Gasteiger partial charge in [0, 0.05) is 25.0 Å². The lowest BCUT2D eigenvalue weighted by molar-refractivity contribution is -0.118. The lowest BCUT2D eigenvalue weighted by Crippen LogP contribution is -2.28.